The highest BCUT2D eigenvalue weighted by atomic mass is 32.2. The van der Waals surface area contributed by atoms with Gasteiger partial charge in [-0.1, -0.05) is 0 Å². The molecule has 0 rings (SSSR count). The zero-order chi connectivity index (χ0) is 6.41. The highest BCUT2D eigenvalue weighted by Gasteiger charge is 1.91. The van der Waals surface area contributed by atoms with Gasteiger partial charge in [-0.3, -0.25) is 4.79 Å². The molecule has 0 aliphatic heterocycles. The van der Waals surface area contributed by atoms with Gasteiger partial charge in [0.05, 0.1) is 6.42 Å². The van der Waals surface area contributed by atoms with Crippen LogP contribution in [0.2, 0.25) is 0 Å². The Balaban J connectivity index is 2.82. The van der Waals surface area contributed by atoms with Gasteiger partial charge in [-0.25, -0.2) is 0 Å². The van der Waals surface area contributed by atoms with Crippen molar-refractivity contribution in [2.45, 2.75) is 6.42 Å². The topological polar surface area (TPSA) is 43.1 Å². The van der Waals surface area contributed by atoms with Crippen molar-refractivity contribution in [3.05, 3.63) is 6.42 Å². The van der Waals surface area contributed by atoms with Crippen molar-refractivity contribution in [2.75, 3.05) is 12.0 Å². The molecule has 0 aliphatic carbocycles. The number of primary amides is 1. The van der Waals surface area contributed by atoms with E-state index in [0.717, 1.165) is 12.2 Å². The van der Waals surface area contributed by atoms with Crippen molar-refractivity contribution in [3.63, 3.8) is 0 Å². The van der Waals surface area contributed by atoms with Gasteiger partial charge >= 0.3 is 0 Å². The smallest absolute Gasteiger partial charge is 0.221 e. The third-order valence-electron chi connectivity index (χ3n) is 0.667. The first-order chi connectivity index (χ1) is 3.77. The number of hydrogen-bond acceptors (Lipinski definition) is 2. The second-order valence-corrected chi connectivity index (χ2v) is 2.37. The Morgan fingerprint density at radius 1 is 1.88 bits per heavy atom. The maximum absolute atomic E-state index is 10.0. The molecule has 0 heterocycles. The average Bonchev–Trinajstić information content (AvgIpc) is 1.66. The predicted octanol–water partition coefficient (Wildman–Crippen LogP) is 0.429. The molecular formula is C5H10NOS. The first kappa shape index (κ1) is 7.82. The fourth-order valence-corrected chi connectivity index (χ4v) is 0.673. The summed E-state index contributed by atoms with van der Waals surface area (Å²) >= 11 is 1.70. The summed E-state index contributed by atoms with van der Waals surface area (Å²) in [5, 5.41) is 0. The minimum atomic E-state index is -0.320. The normalized spacial score (nSPS) is 9.12. The molecule has 3 heteroatoms. The molecule has 0 spiro atoms. The van der Waals surface area contributed by atoms with Gasteiger partial charge < -0.3 is 5.73 Å². The summed E-state index contributed by atoms with van der Waals surface area (Å²) in [6.07, 6.45) is 4.28. The molecule has 1 radical (unpaired) electrons. The van der Waals surface area contributed by atoms with E-state index in [4.69, 9.17) is 5.73 Å². The van der Waals surface area contributed by atoms with Crippen molar-refractivity contribution in [3.8, 4) is 0 Å². The summed E-state index contributed by atoms with van der Waals surface area (Å²) in [6, 6.07) is 0. The van der Waals surface area contributed by atoms with E-state index in [-0.39, 0.29) is 5.91 Å². The summed E-state index contributed by atoms with van der Waals surface area (Å²) in [5.41, 5.74) is 4.83. The molecule has 0 atom stereocenters. The Hall–Kier alpha value is -0.180. The van der Waals surface area contributed by atoms with Crippen molar-refractivity contribution in [2.24, 2.45) is 5.73 Å². The number of amides is 1. The molecular weight excluding hydrogens is 122 g/mol. The van der Waals surface area contributed by atoms with Crippen LogP contribution < -0.4 is 5.73 Å². The van der Waals surface area contributed by atoms with Gasteiger partial charge in [-0.2, -0.15) is 11.8 Å². The van der Waals surface area contributed by atoms with Crippen molar-refractivity contribution >= 4 is 17.7 Å². The third-order valence-corrected chi connectivity index (χ3v) is 1.31. The summed E-state index contributed by atoms with van der Waals surface area (Å²) in [7, 11) is 0. The zero-order valence-electron chi connectivity index (χ0n) is 4.89. The minimum Gasteiger partial charge on any atom is -0.369 e. The molecule has 0 aromatic rings. The summed E-state index contributed by atoms with van der Waals surface area (Å²) in [4.78, 5) is 10.0. The monoisotopic (exact) mass is 132 g/mol. The number of thioether (sulfide) groups is 1. The average molecular weight is 132 g/mol. The molecule has 0 unspecified atom stereocenters. The Morgan fingerprint density at radius 2 is 2.50 bits per heavy atom. The molecule has 2 N–H and O–H groups in total. The highest BCUT2D eigenvalue weighted by molar-refractivity contribution is 7.98. The summed E-state index contributed by atoms with van der Waals surface area (Å²) < 4.78 is 0. The Labute approximate surface area is 53.8 Å². The molecule has 8 heavy (non-hydrogen) atoms. The second kappa shape index (κ2) is 4.97. The maximum atomic E-state index is 10.0. The van der Waals surface area contributed by atoms with Crippen LogP contribution >= 0.6 is 11.8 Å². The summed E-state index contributed by atoms with van der Waals surface area (Å²) in [5.74, 6) is 0.655. The molecule has 0 saturated carbocycles. The van der Waals surface area contributed by atoms with Gasteiger partial charge in [0.15, 0.2) is 0 Å². The largest absolute Gasteiger partial charge is 0.369 e. The van der Waals surface area contributed by atoms with Crippen LogP contribution in [-0.2, 0) is 4.79 Å². The van der Waals surface area contributed by atoms with Gasteiger partial charge in [-0.05, 0) is 18.4 Å². The van der Waals surface area contributed by atoms with Crippen molar-refractivity contribution < 1.29 is 4.79 Å². The molecule has 0 aromatic carbocycles. The molecule has 0 aliphatic rings. The fraction of sp³-hybridized carbons (Fsp3) is 0.600. The molecule has 1 amide bonds. The van der Waals surface area contributed by atoms with Gasteiger partial charge in [-0.15, -0.1) is 0 Å². The van der Waals surface area contributed by atoms with E-state index in [2.05, 4.69) is 0 Å². The molecule has 47 valence electrons. The van der Waals surface area contributed by atoms with E-state index in [1.165, 1.54) is 6.42 Å². The first-order valence-electron chi connectivity index (χ1n) is 2.39. The highest BCUT2D eigenvalue weighted by Crippen LogP contribution is 1.96. The van der Waals surface area contributed by atoms with E-state index in [1.807, 2.05) is 6.26 Å². The first-order valence-corrected chi connectivity index (χ1v) is 3.78. The third kappa shape index (κ3) is 5.82. The molecule has 0 bridgehead atoms. The van der Waals surface area contributed by atoms with E-state index in [1.54, 1.807) is 11.8 Å². The lowest BCUT2D eigenvalue weighted by molar-refractivity contribution is -0.115. The maximum Gasteiger partial charge on any atom is 0.221 e. The molecule has 0 fully saturated rings. The number of carbonyl (C=O) groups excluding carboxylic acids is 1. The minimum absolute atomic E-state index is 0.320. The van der Waals surface area contributed by atoms with E-state index < -0.39 is 0 Å². The lowest BCUT2D eigenvalue weighted by Gasteiger charge is -1.90. The van der Waals surface area contributed by atoms with E-state index in [0.29, 0.717) is 0 Å². The number of rotatable bonds is 4. The van der Waals surface area contributed by atoms with Crippen LogP contribution in [0.4, 0.5) is 0 Å². The lowest BCUT2D eigenvalue weighted by Crippen LogP contribution is -2.10. The Morgan fingerprint density at radius 3 is 2.88 bits per heavy atom. The van der Waals surface area contributed by atoms with Crippen molar-refractivity contribution in [1.82, 2.24) is 0 Å². The Kier molecular flexibility index (Phi) is 4.85. The molecule has 0 saturated heterocycles. The van der Waals surface area contributed by atoms with Crippen molar-refractivity contribution in [1.29, 1.82) is 0 Å². The quantitative estimate of drug-likeness (QED) is 0.564. The van der Waals surface area contributed by atoms with Crippen LogP contribution in [0.15, 0.2) is 0 Å². The number of hydrogen-bond donors (Lipinski definition) is 1. The van der Waals surface area contributed by atoms with Gasteiger partial charge in [0.1, 0.15) is 0 Å². The predicted molar refractivity (Wildman–Crippen MR) is 36.5 cm³/mol. The number of nitrogens with two attached hydrogens (primary N) is 1. The standard InChI is InChI=1S/C5H10NOS/c1-8-4-2-3-5(6)7/h3H,2,4H2,1H3,(H2,6,7). The van der Waals surface area contributed by atoms with Gasteiger partial charge in [0, 0.05) is 0 Å². The lowest BCUT2D eigenvalue weighted by atomic mass is 10.3. The second-order valence-electron chi connectivity index (χ2n) is 1.39. The van der Waals surface area contributed by atoms with Crippen LogP contribution in [0.25, 0.3) is 0 Å². The van der Waals surface area contributed by atoms with Gasteiger partial charge in [0.2, 0.25) is 5.91 Å². The van der Waals surface area contributed by atoms with Gasteiger partial charge in [0.25, 0.3) is 0 Å². The number of carbonyl (C=O) groups is 1. The van der Waals surface area contributed by atoms with Crippen LogP contribution in [0.3, 0.4) is 0 Å². The molecule has 0 aromatic heterocycles. The van der Waals surface area contributed by atoms with Crippen LogP contribution in [0, 0.1) is 6.42 Å². The van der Waals surface area contributed by atoms with Crippen LogP contribution in [0.5, 0.6) is 0 Å². The van der Waals surface area contributed by atoms with E-state index >= 15 is 0 Å². The van der Waals surface area contributed by atoms with Crippen LogP contribution in [0.1, 0.15) is 6.42 Å². The SMILES string of the molecule is CSCC[CH]C(N)=O. The summed E-state index contributed by atoms with van der Waals surface area (Å²) in [6.45, 7) is 0. The van der Waals surface area contributed by atoms with E-state index in [9.17, 15) is 4.79 Å². The zero-order valence-corrected chi connectivity index (χ0v) is 5.70. The van der Waals surface area contributed by atoms with Crippen LogP contribution in [-0.4, -0.2) is 17.9 Å². The molecule has 2 nitrogen and oxygen atoms in total. The fourth-order valence-electron chi connectivity index (χ4n) is 0.319. The Bertz CT molecular complexity index is 74.8.